The second-order valence-corrected chi connectivity index (χ2v) is 9.16. The highest BCUT2D eigenvalue weighted by Gasteiger charge is 2.30. The first-order valence-electron chi connectivity index (χ1n) is 13.1. The van der Waals surface area contributed by atoms with Gasteiger partial charge in [0.2, 0.25) is 12.2 Å². The van der Waals surface area contributed by atoms with Crippen molar-refractivity contribution in [3.05, 3.63) is 72.2 Å². The molecule has 0 saturated heterocycles. The number of carbonyl (C=O) groups excluding carboxylic acids is 2. The van der Waals surface area contributed by atoms with Gasteiger partial charge in [-0.25, -0.2) is 0 Å². The minimum atomic E-state index is -0.652. The van der Waals surface area contributed by atoms with Crippen LogP contribution in [0.3, 0.4) is 0 Å². The topological polar surface area (TPSA) is 145 Å². The van der Waals surface area contributed by atoms with Crippen LogP contribution in [0.15, 0.2) is 71.0 Å². The van der Waals surface area contributed by atoms with Crippen LogP contribution in [0.2, 0.25) is 0 Å². The lowest BCUT2D eigenvalue weighted by atomic mass is 9.92. The molecule has 10 nitrogen and oxygen atoms in total. The number of aliphatic hydroxyl groups excluding tert-OH is 1. The number of nitrogens with two attached hydrogens (primary N) is 1. The molecule has 4 rings (SSSR count). The summed E-state index contributed by atoms with van der Waals surface area (Å²) in [7, 11) is 0. The van der Waals surface area contributed by atoms with Crippen LogP contribution in [0.4, 0.5) is 11.4 Å². The van der Waals surface area contributed by atoms with E-state index in [9.17, 15) is 9.59 Å². The van der Waals surface area contributed by atoms with Crippen molar-refractivity contribution in [2.75, 3.05) is 44.0 Å². The van der Waals surface area contributed by atoms with E-state index < -0.39 is 6.29 Å². The Morgan fingerprint density at radius 3 is 2.72 bits per heavy atom. The van der Waals surface area contributed by atoms with Gasteiger partial charge in [0, 0.05) is 36.3 Å². The van der Waals surface area contributed by atoms with Gasteiger partial charge in [0.15, 0.2) is 5.76 Å². The molecule has 0 bridgehead atoms. The standard InChI is InChI=1S/C29H35N3O7/c30-23-8-2-3-9-24(23)32-27(34)11-5-6-12-31-29(35)26-17-20(18-28(39-26)37-16-15-36-14-13-33)22-19-38-25-10-4-1-7-21(22)25/h1-4,7-10,17,19-20,28,33H,5-6,11-16,18,30H2,(H,31,35)(H,32,34)/t20-,28+/m1/s1. The van der Waals surface area contributed by atoms with E-state index in [1.54, 1.807) is 30.5 Å². The highest BCUT2D eigenvalue weighted by Crippen LogP contribution is 2.36. The smallest absolute Gasteiger partial charge is 0.286 e. The highest BCUT2D eigenvalue weighted by molar-refractivity contribution is 5.94. The zero-order valence-electron chi connectivity index (χ0n) is 21.8. The van der Waals surface area contributed by atoms with Crippen molar-refractivity contribution in [3.8, 4) is 0 Å². The number of amides is 2. The summed E-state index contributed by atoms with van der Waals surface area (Å²) in [6.07, 6.45) is 4.89. The second kappa shape index (κ2) is 14.3. The monoisotopic (exact) mass is 537 g/mol. The minimum absolute atomic E-state index is 0.0606. The first kappa shape index (κ1) is 28.2. The SMILES string of the molecule is Nc1ccccc1NC(=O)CCCCNC(=O)C1=C[C@@H](c2coc3ccccc23)C[C@@H](OCCOCCO)O1. The molecular weight excluding hydrogens is 502 g/mol. The van der Waals surface area contributed by atoms with Gasteiger partial charge in [0.25, 0.3) is 5.91 Å². The number of aliphatic hydroxyl groups is 1. The Morgan fingerprint density at radius 2 is 1.87 bits per heavy atom. The van der Waals surface area contributed by atoms with Gasteiger partial charge in [-0.1, -0.05) is 30.3 Å². The van der Waals surface area contributed by atoms with Crippen LogP contribution in [-0.2, 0) is 23.8 Å². The first-order valence-corrected chi connectivity index (χ1v) is 13.1. The Hall–Kier alpha value is -3.86. The number of para-hydroxylation sites is 3. The third-order valence-electron chi connectivity index (χ3n) is 6.31. The maximum absolute atomic E-state index is 13.0. The maximum atomic E-state index is 13.0. The summed E-state index contributed by atoms with van der Waals surface area (Å²) in [6.45, 7) is 1.12. The first-order chi connectivity index (χ1) is 19.0. The summed E-state index contributed by atoms with van der Waals surface area (Å²) in [5, 5.41) is 15.5. The number of fused-ring (bicyclic) bond motifs is 1. The summed E-state index contributed by atoms with van der Waals surface area (Å²) in [5.74, 6) is -0.453. The molecule has 10 heteroatoms. The highest BCUT2D eigenvalue weighted by atomic mass is 16.7. The van der Waals surface area contributed by atoms with E-state index in [-0.39, 0.29) is 43.3 Å². The fourth-order valence-corrected chi connectivity index (χ4v) is 4.35. The van der Waals surface area contributed by atoms with Crippen molar-refractivity contribution in [2.24, 2.45) is 0 Å². The second-order valence-electron chi connectivity index (χ2n) is 9.16. The number of furan rings is 1. The van der Waals surface area contributed by atoms with Crippen LogP contribution >= 0.6 is 0 Å². The normalized spacial score (nSPS) is 16.9. The third-order valence-corrected chi connectivity index (χ3v) is 6.31. The van der Waals surface area contributed by atoms with Gasteiger partial charge >= 0.3 is 0 Å². The van der Waals surface area contributed by atoms with E-state index in [0.717, 1.165) is 16.5 Å². The molecule has 5 N–H and O–H groups in total. The molecule has 1 aliphatic heterocycles. The molecular formula is C29H35N3O7. The Balaban J connectivity index is 1.30. The zero-order valence-corrected chi connectivity index (χ0v) is 21.8. The van der Waals surface area contributed by atoms with Crippen LogP contribution in [0.5, 0.6) is 0 Å². The molecule has 2 atom stereocenters. The van der Waals surface area contributed by atoms with Crippen molar-refractivity contribution in [3.63, 3.8) is 0 Å². The molecule has 0 radical (unpaired) electrons. The molecule has 0 aliphatic carbocycles. The van der Waals surface area contributed by atoms with Gasteiger partial charge in [0.05, 0.1) is 44.1 Å². The van der Waals surface area contributed by atoms with Crippen molar-refractivity contribution >= 4 is 34.2 Å². The number of hydrogen-bond acceptors (Lipinski definition) is 8. The molecule has 1 aromatic heterocycles. The van der Waals surface area contributed by atoms with E-state index in [0.29, 0.717) is 50.2 Å². The van der Waals surface area contributed by atoms with Crippen molar-refractivity contribution in [1.29, 1.82) is 0 Å². The van der Waals surface area contributed by atoms with Crippen molar-refractivity contribution < 1.29 is 33.3 Å². The molecule has 0 fully saturated rings. The van der Waals surface area contributed by atoms with E-state index in [1.165, 1.54) is 0 Å². The predicted octanol–water partition coefficient (Wildman–Crippen LogP) is 3.68. The number of carbonyl (C=O) groups is 2. The molecule has 208 valence electrons. The lowest BCUT2D eigenvalue weighted by molar-refractivity contribution is -0.151. The zero-order chi connectivity index (χ0) is 27.5. The number of anilines is 2. The largest absolute Gasteiger partial charge is 0.464 e. The molecule has 39 heavy (non-hydrogen) atoms. The van der Waals surface area contributed by atoms with Crippen molar-refractivity contribution in [1.82, 2.24) is 5.32 Å². The van der Waals surface area contributed by atoms with Gasteiger partial charge in [-0.3, -0.25) is 9.59 Å². The van der Waals surface area contributed by atoms with Crippen LogP contribution in [0.25, 0.3) is 11.0 Å². The number of nitrogen functional groups attached to an aromatic ring is 1. The number of allylic oxidation sites excluding steroid dienone is 1. The summed E-state index contributed by atoms with van der Waals surface area (Å²) < 4.78 is 22.7. The quantitative estimate of drug-likeness (QED) is 0.180. The summed E-state index contributed by atoms with van der Waals surface area (Å²) >= 11 is 0. The van der Waals surface area contributed by atoms with Crippen LogP contribution < -0.4 is 16.4 Å². The Morgan fingerprint density at radius 1 is 1.05 bits per heavy atom. The molecule has 2 aromatic carbocycles. The number of benzene rings is 2. The van der Waals surface area contributed by atoms with Crippen LogP contribution in [-0.4, -0.2) is 56.2 Å². The lowest BCUT2D eigenvalue weighted by Gasteiger charge is -2.29. The number of ether oxygens (including phenoxy) is 3. The number of rotatable bonds is 14. The minimum Gasteiger partial charge on any atom is -0.464 e. The molecule has 0 saturated carbocycles. The number of nitrogens with one attached hydrogen (secondary N) is 2. The van der Waals surface area contributed by atoms with E-state index >= 15 is 0 Å². The maximum Gasteiger partial charge on any atom is 0.286 e. The fraction of sp³-hybridized carbons (Fsp3) is 0.379. The number of unbranched alkanes of at least 4 members (excludes halogenated alkanes) is 1. The van der Waals surface area contributed by atoms with E-state index in [2.05, 4.69) is 10.6 Å². The average molecular weight is 538 g/mol. The summed E-state index contributed by atoms with van der Waals surface area (Å²) in [6, 6.07) is 14.8. The van der Waals surface area contributed by atoms with Gasteiger partial charge in [-0.05, 0) is 37.1 Å². The Labute approximate surface area is 227 Å². The molecule has 0 spiro atoms. The average Bonchev–Trinajstić information content (AvgIpc) is 3.38. The van der Waals surface area contributed by atoms with Gasteiger partial charge in [-0.15, -0.1) is 0 Å². The molecule has 2 amide bonds. The van der Waals surface area contributed by atoms with Gasteiger partial charge < -0.3 is 40.1 Å². The Bertz CT molecular complexity index is 1270. The van der Waals surface area contributed by atoms with E-state index in [1.807, 2.05) is 30.3 Å². The third kappa shape index (κ3) is 8.06. The van der Waals surface area contributed by atoms with Crippen LogP contribution in [0.1, 0.15) is 37.2 Å². The van der Waals surface area contributed by atoms with Gasteiger partial charge in [0.1, 0.15) is 5.58 Å². The van der Waals surface area contributed by atoms with Crippen molar-refractivity contribution in [2.45, 2.75) is 37.9 Å². The van der Waals surface area contributed by atoms with Gasteiger partial charge in [-0.2, -0.15) is 0 Å². The molecule has 0 unspecified atom stereocenters. The fourth-order valence-electron chi connectivity index (χ4n) is 4.35. The summed E-state index contributed by atoms with van der Waals surface area (Å²) in [5.41, 5.74) is 8.69. The van der Waals surface area contributed by atoms with E-state index in [4.69, 9.17) is 29.5 Å². The lowest BCUT2D eigenvalue weighted by Crippen LogP contribution is -2.33. The predicted molar refractivity (Wildman–Crippen MR) is 147 cm³/mol. The Kier molecular flexibility index (Phi) is 10.4. The number of hydrogen-bond donors (Lipinski definition) is 4. The molecule has 2 heterocycles. The molecule has 3 aromatic rings. The van der Waals surface area contributed by atoms with Crippen LogP contribution in [0, 0.1) is 0 Å². The summed E-state index contributed by atoms with van der Waals surface area (Å²) in [4.78, 5) is 25.2. The molecule has 1 aliphatic rings.